The standard InChI is InChI=1S/C30H38N8O3S/c1-6-25(23-15-20-9-7-8-19(2)26(20)35-28(23)38-10-12-41-13-11-38)34-27-24(18-33-29(31)36-27)21-14-22(17-32-16-21)42(39,40)37-30(3,4)5/h7-9,14-18,25,37H,6,10-13H2,1-5H3,(H3,31,33,34,36). The Balaban J connectivity index is 1.57. The number of hydrogen-bond donors (Lipinski definition) is 3. The number of hydrogen-bond acceptors (Lipinski definition) is 10. The molecule has 4 aromatic rings. The number of nitrogen functional groups attached to an aromatic ring is 1. The maximum Gasteiger partial charge on any atom is 0.242 e. The van der Waals surface area contributed by atoms with E-state index in [0.29, 0.717) is 30.2 Å². The number of benzene rings is 1. The van der Waals surface area contributed by atoms with Gasteiger partial charge < -0.3 is 20.7 Å². The molecule has 11 nitrogen and oxygen atoms in total. The van der Waals surface area contributed by atoms with Crippen LogP contribution < -0.4 is 20.7 Å². The SMILES string of the molecule is CCC(Nc1nc(N)ncc1-c1cncc(S(=O)(=O)NC(C)(C)C)c1)c1cc2cccc(C)c2nc1N1CCOCC1. The molecule has 1 saturated heterocycles. The Kier molecular flexibility index (Phi) is 8.31. The van der Waals surface area contributed by atoms with Crippen LogP contribution in [0.4, 0.5) is 17.6 Å². The topological polar surface area (TPSA) is 148 Å². The van der Waals surface area contributed by atoms with Crippen LogP contribution in [-0.2, 0) is 14.8 Å². The second kappa shape index (κ2) is 11.8. The molecule has 3 aromatic heterocycles. The largest absolute Gasteiger partial charge is 0.378 e. The number of anilines is 3. The molecule has 0 radical (unpaired) electrons. The van der Waals surface area contributed by atoms with Crippen molar-refractivity contribution in [3.05, 3.63) is 60.0 Å². The molecule has 0 amide bonds. The van der Waals surface area contributed by atoms with E-state index in [1.165, 1.54) is 6.20 Å². The Labute approximate surface area is 247 Å². The first-order valence-electron chi connectivity index (χ1n) is 14.1. The fourth-order valence-corrected chi connectivity index (χ4v) is 6.50. The van der Waals surface area contributed by atoms with Crippen molar-refractivity contribution in [2.45, 2.75) is 57.5 Å². The molecule has 12 heteroatoms. The van der Waals surface area contributed by atoms with Gasteiger partial charge in [0.15, 0.2) is 0 Å². The minimum atomic E-state index is -3.81. The van der Waals surface area contributed by atoms with E-state index in [9.17, 15) is 8.42 Å². The van der Waals surface area contributed by atoms with Crippen molar-refractivity contribution in [1.29, 1.82) is 0 Å². The van der Waals surface area contributed by atoms with Crippen molar-refractivity contribution in [2.75, 3.05) is 42.3 Å². The first-order chi connectivity index (χ1) is 19.9. The molecular weight excluding hydrogens is 552 g/mol. The molecule has 1 aliphatic rings. The van der Waals surface area contributed by atoms with E-state index in [0.717, 1.165) is 47.4 Å². The average molecular weight is 591 g/mol. The normalized spacial score (nSPS) is 15.1. The van der Waals surface area contributed by atoms with Crippen LogP contribution in [0.1, 0.15) is 51.3 Å². The van der Waals surface area contributed by atoms with Gasteiger partial charge in [-0.1, -0.05) is 25.1 Å². The summed E-state index contributed by atoms with van der Waals surface area (Å²) in [5, 5.41) is 4.64. The molecule has 4 N–H and O–H groups in total. The Bertz CT molecular complexity index is 1700. The Hall–Kier alpha value is -3.87. The number of nitrogens with zero attached hydrogens (tertiary/aromatic N) is 5. The van der Waals surface area contributed by atoms with Gasteiger partial charge in [0.25, 0.3) is 0 Å². The summed E-state index contributed by atoms with van der Waals surface area (Å²) in [6, 6.07) is 9.77. The maximum atomic E-state index is 13.1. The van der Waals surface area contributed by atoms with Crippen molar-refractivity contribution >= 4 is 38.5 Å². The van der Waals surface area contributed by atoms with Gasteiger partial charge >= 0.3 is 0 Å². The van der Waals surface area contributed by atoms with Crippen molar-refractivity contribution in [1.82, 2.24) is 24.7 Å². The Morgan fingerprint density at radius 2 is 1.86 bits per heavy atom. The van der Waals surface area contributed by atoms with Crippen LogP contribution in [0.25, 0.3) is 22.0 Å². The van der Waals surface area contributed by atoms with Crippen LogP contribution in [0.3, 0.4) is 0 Å². The Morgan fingerprint density at radius 1 is 1.10 bits per heavy atom. The zero-order valence-corrected chi connectivity index (χ0v) is 25.5. The molecule has 1 fully saturated rings. The zero-order valence-electron chi connectivity index (χ0n) is 24.7. The molecule has 0 bridgehead atoms. The molecular formula is C30H38N8O3S. The molecule has 1 unspecified atom stereocenters. The van der Waals surface area contributed by atoms with Crippen LogP contribution in [-0.4, -0.2) is 60.2 Å². The monoisotopic (exact) mass is 590 g/mol. The van der Waals surface area contributed by atoms with Crippen molar-refractivity contribution in [2.24, 2.45) is 0 Å². The number of pyridine rings is 2. The van der Waals surface area contributed by atoms with Gasteiger partial charge in [0.05, 0.1) is 24.8 Å². The van der Waals surface area contributed by atoms with Gasteiger partial charge in [-0.25, -0.2) is 23.1 Å². The summed E-state index contributed by atoms with van der Waals surface area (Å²) >= 11 is 0. The third-order valence-corrected chi connectivity index (χ3v) is 8.77. The maximum absolute atomic E-state index is 13.1. The van der Waals surface area contributed by atoms with Crippen LogP contribution in [0.15, 0.2) is 53.8 Å². The minimum absolute atomic E-state index is 0.0495. The molecule has 4 heterocycles. The number of rotatable bonds is 8. The number of nitrogens with two attached hydrogens (primary N) is 1. The Morgan fingerprint density at radius 3 is 2.57 bits per heavy atom. The van der Waals surface area contributed by atoms with Gasteiger partial charge in [0, 0.05) is 59.3 Å². The molecule has 42 heavy (non-hydrogen) atoms. The minimum Gasteiger partial charge on any atom is -0.378 e. The summed E-state index contributed by atoms with van der Waals surface area (Å²) in [4.78, 5) is 20.5. The molecule has 1 aliphatic heterocycles. The molecule has 5 rings (SSSR count). The van der Waals surface area contributed by atoms with Crippen LogP contribution >= 0.6 is 0 Å². The molecule has 1 aromatic carbocycles. The van der Waals surface area contributed by atoms with Gasteiger partial charge in [-0.05, 0) is 51.8 Å². The van der Waals surface area contributed by atoms with E-state index >= 15 is 0 Å². The highest BCUT2D eigenvalue weighted by Gasteiger charge is 2.26. The molecule has 0 saturated carbocycles. The fraction of sp³-hybridized carbons (Fsp3) is 0.400. The number of fused-ring (bicyclic) bond motifs is 1. The number of ether oxygens (including phenoxy) is 1. The van der Waals surface area contributed by atoms with Crippen LogP contribution in [0, 0.1) is 6.92 Å². The van der Waals surface area contributed by atoms with Gasteiger partial charge in [0.2, 0.25) is 16.0 Å². The highest BCUT2D eigenvalue weighted by molar-refractivity contribution is 7.89. The van der Waals surface area contributed by atoms with E-state index in [2.05, 4.69) is 61.9 Å². The van der Waals surface area contributed by atoms with E-state index in [-0.39, 0.29) is 16.9 Å². The van der Waals surface area contributed by atoms with Gasteiger partial charge in [-0.15, -0.1) is 0 Å². The zero-order chi connectivity index (χ0) is 30.1. The smallest absolute Gasteiger partial charge is 0.242 e. The van der Waals surface area contributed by atoms with Gasteiger partial charge in [-0.3, -0.25) is 4.98 Å². The lowest BCUT2D eigenvalue weighted by Crippen LogP contribution is -2.40. The average Bonchev–Trinajstić information content (AvgIpc) is 2.95. The number of aromatic nitrogens is 4. The summed E-state index contributed by atoms with van der Waals surface area (Å²) in [7, 11) is -3.81. The van der Waals surface area contributed by atoms with Gasteiger partial charge in [0.1, 0.15) is 16.5 Å². The van der Waals surface area contributed by atoms with E-state index in [1.54, 1.807) is 39.2 Å². The lowest BCUT2D eigenvalue weighted by molar-refractivity contribution is 0.122. The third-order valence-electron chi connectivity index (χ3n) is 7.04. The highest BCUT2D eigenvalue weighted by Crippen LogP contribution is 2.36. The number of aryl methyl sites for hydroxylation is 1. The first kappa shape index (κ1) is 29.6. The van der Waals surface area contributed by atoms with Crippen LogP contribution in [0.2, 0.25) is 0 Å². The lowest BCUT2D eigenvalue weighted by atomic mass is 10.00. The number of morpholine rings is 1. The molecule has 0 spiro atoms. The summed E-state index contributed by atoms with van der Waals surface area (Å²) in [6.45, 7) is 12.3. The fourth-order valence-electron chi connectivity index (χ4n) is 5.09. The van der Waals surface area contributed by atoms with E-state index in [1.807, 2.05) is 6.07 Å². The predicted octanol–water partition coefficient (Wildman–Crippen LogP) is 4.45. The third kappa shape index (κ3) is 6.45. The number of sulfonamides is 1. The van der Waals surface area contributed by atoms with Crippen molar-refractivity contribution in [3.63, 3.8) is 0 Å². The predicted molar refractivity (Wildman–Crippen MR) is 166 cm³/mol. The molecule has 1 atom stereocenters. The van der Waals surface area contributed by atoms with E-state index < -0.39 is 15.6 Å². The quantitative estimate of drug-likeness (QED) is 0.269. The van der Waals surface area contributed by atoms with E-state index in [4.69, 9.17) is 15.5 Å². The van der Waals surface area contributed by atoms with Crippen LogP contribution in [0.5, 0.6) is 0 Å². The van der Waals surface area contributed by atoms with Gasteiger partial charge in [-0.2, -0.15) is 4.98 Å². The first-order valence-corrected chi connectivity index (χ1v) is 15.5. The number of nitrogens with one attached hydrogen (secondary N) is 2. The molecule has 222 valence electrons. The second-order valence-corrected chi connectivity index (χ2v) is 13.2. The second-order valence-electron chi connectivity index (χ2n) is 11.5. The summed E-state index contributed by atoms with van der Waals surface area (Å²) in [6.07, 6.45) is 5.24. The van der Waals surface area contributed by atoms with Crippen molar-refractivity contribution in [3.8, 4) is 11.1 Å². The molecule has 0 aliphatic carbocycles. The highest BCUT2D eigenvalue weighted by atomic mass is 32.2. The summed E-state index contributed by atoms with van der Waals surface area (Å²) in [5.41, 5.74) is 9.65. The summed E-state index contributed by atoms with van der Waals surface area (Å²) in [5.74, 6) is 1.49. The summed E-state index contributed by atoms with van der Waals surface area (Å²) < 4.78 is 34.4. The number of para-hydroxylation sites is 1. The van der Waals surface area contributed by atoms with Crippen molar-refractivity contribution < 1.29 is 13.2 Å². The lowest BCUT2D eigenvalue weighted by Gasteiger charge is -2.32.